The molecule has 1 heterocycles. The molecule has 0 unspecified atom stereocenters. The standard InChI is InChI=1S/C56H37NO/c1-4-14-38(15-5-1)41-24-26-42(27-25-41)44-30-34-47(35-31-44)57(46-32-28-43(29-33-46)39-16-6-2-7-17-39)53-37-45(40-18-8-3-9-19-40)36-52-54-50-22-12-10-20-48(50)49-21-11-13-23-51(49)56(54)58-55(52)53/h1-37H. The summed E-state index contributed by atoms with van der Waals surface area (Å²) in [4.78, 5) is 2.36. The number of benzene rings is 10. The molecule has 0 spiro atoms. The van der Waals surface area contributed by atoms with Gasteiger partial charge in [-0.15, -0.1) is 0 Å². The Kier molecular flexibility index (Phi) is 8.19. The minimum atomic E-state index is 0.851. The monoisotopic (exact) mass is 739 g/mol. The highest BCUT2D eigenvalue weighted by Gasteiger charge is 2.24. The van der Waals surface area contributed by atoms with E-state index < -0.39 is 0 Å². The zero-order valence-electron chi connectivity index (χ0n) is 31.7. The molecule has 0 atom stereocenters. The van der Waals surface area contributed by atoms with E-state index in [2.05, 4.69) is 229 Å². The predicted molar refractivity (Wildman–Crippen MR) is 245 cm³/mol. The van der Waals surface area contributed by atoms with Crippen molar-refractivity contribution in [3.8, 4) is 44.5 Å². The smallest absolute Gasteiger partial charge is 0.159 e. The minimum Gasteiger partial charge on any atom is -0.453 e. The largest absolute Gasteiger partial charge is 0.453 e. The fraction of sp³-hybridized carbons (Fsp3) is 0. The minimum absolute atomic E-state index is 0.851. The maximum Gasteiger partial charge on any atom is 0.159 e. The van der Waals surface area contributed by atoms with Gasteiger partial charge in [0.1, 0.15) is 5.58 Å². The van der Waals surface area contributed by atoms with Crippen LogP contribution >= 0.6 is 0 Å². The van der Waals surface area contributed by atoms with Gasteiger partial charge in [0.05, 0.1) is 5.69 Å². The second-order valence-electron chi connectivity index (χ2n) is 14.9. The zero-order valence-corrected chi connectivity index (χ0v) is 31.7. The molecule has 58 heavy (non-hydrogen) atoms. The Bertz CT molecular complexity index is 3220. The summed E-state index contributed by atoms with van der Waals surface area (Å²) in [5.41, 5.74) is 14.2. The summed E-state index contributed by atoms with van der Waals surface area (Å²) in [6.45, 7) is 0. The van der Waals surface area contributed by atoms with Gasteiger partial charge in [-0.05, 0) is 97.1 Å². The van der Waals surface area contributed by atoms with Crippen molar-refractivity contribution in [1.82, 2.24) is 0 Å². The van der Waals surface area contributed by atoms with Crippen LogP contribution in [0, 0.1) is 0 Å². The highest BCUT2D eigenvalue weighted by atomic mass is 16.3. The molecule has 11 rings (SSSR count). The second kappa shape index (κ2) is 14.1. The molecule has 0 aliphatic carbocycles. The lowest BCUT2D eigenvalue weighted by Gasteiger charge is -2.26. The van der Waals surface area contributed by atoms with E-state index in [4.69, 9.17) is 4.42 Å². The first-order valence-corrected chi connectivity index (χ1v) is 19.8. The van der Waals surface area contributed by atoms with Crippen molar-refractivity contribution < 1.29 is 4.42 Å². The van der Waals surface area contributed by atoms with Crippen molar-refractivity contribution in [3.05, 3.63) is 224 Å². The maximum absolute atomic E-state index is 7.21. The Hall–Kier alpha value is -7.68. The van der Waals surface area contributed by atoms with E-state index in [1.165, 1.54) is 44.0 Å². The van der Waals surface area contributed by atoms with E-state index in [-0.39, 0.29) is 0 Å². The molecule has 0 N–H and O–H groups in total. The molecule has 2 nitrogen and oxygen atoms in total. The molecule has 10 aromatic carbocycles. The quantitative estimate of drug-likeness (QED) is 0.151. The molecule has 0 radical (unpaired) electrons. The third kappa shape index (κ3) is 5.82. The highest BCUT2D eigenvalue weighted by Crippen LogP contribution is 2.48. The van der Waals surface area contributed by atoms with Crippen molar-refractivity contribution >= 4 is 60.5 Å². The summed E-state index contributed by atoms with van der Waals surface area (Å²) < 4.78 is 7.21. The Balaban J connectivity index is 1.14. The van der Waals surface area contributed by atoms with E-state index >= 15 is 0 Å². The number of hydrogen-bond donors (Lipinski definition) is 0. The van der Waals surface area contributed by atoms with E-state index in [0.29, 0.717) is 0 Å². The fourth-order valence-electron chi connectivity index (χ4n) is 8.60. The molecule has 0 saturated heterocycles. The zero-order chi connectivity index (χ0) is 38.4. The summed E-state index contributed by atoms with van der Waals surface area (Å²) in [6, 6.07) is 80.4. The first-order chi connectivity index (χ1) is 28.8. The number of fused-ring (bicyclic) bond motifs is 8. The van der Waals surface area contributed by atoms with E-state index in [1.54, 1.807) is 0 Å². The van der Waals surface area contributed by atoms with Crippen LogP contribution in [-0.4, -0.2) is 0 Å². The molecular formula is C56H37NO. The van der Waals surface area contributed by atoms with Gasteiger partial charge in [-0.3, -0.25) is 0 Å². The van der Waals surface area contributed by atoms with Crippen LogP contribution < -0.4 is 4.90 Å². The summed E-state index contributed by atoms with van der Waals surface area (Å²) in [5.74, 6) is 0. The van der Waals surface area contributed by atoms with Gasteiger partial charge in [-0.25, -0.2) is 0 Å². The van der Waals surface area contributed by atoms with E-state index in [9.17, 15) is 0 Å². The van der Waals surface area contributed by atoms with Crippen LogP contribution in [0.4, 0.5) is 17.1 Å². The first kappa shape index (κ1) is 33.6. The molecule has 0 fully saturated rings. The number of furan rings is 1. The molecule has 0 aliphatic rings. The SMILES string of the molecule is c1ccc(-c2ccc(-c3ccc(N(c4ccc(-c5ccccc5)cc4)c4cc(-c5ccccc5)cc5c4oc4c6ccccc6c6ccccc6c54)cc3)cc2)cc1. The molecule has 0 bridgehead atoms. The van der Waals surface area contributed by atoms with Gasteiger partial charge in [-0.1, -0.05) is 188 Å². The second-order valence-corrected chi connectivity index (χ2v) is 14.9. The molecule has 0 amide bonds. The Labute approximate surface area is 337 Å². The lowest BCUT2D eigenvalue weighted by molar-refractivity contribution is 0.673. The summed E-state index contributed by atoms with van der Waals surface area (Å²) in [7, 11) is 0. The van der Waals surface area contributed by atoms with Crippen LogP contribution in [0.1, 0.15) is 0 Å². The van der Waals surface area contributed by atoms with Gasteiger partial charge < -0.3 is 9.32 Å². The van der Waals surface area contributed by atoms with Gasteiger partial charge in [-0.2, -0.15) is 0 Å². The predicted octanol–water partition coefficient (Wildman–Crippen LogP) is 16.0. The molecule has 11 aromatic rings. The van der Waals surface area contributed by atoms with Crippen LogP contribution in [0.3, 0.4) is 0 Å². The van der Waals surface area contributed by atoms with Crippen molar-refractivity contribution in [2.45, 2.75) is 0 Å². The van der Waals surface area contributed by atoms with Gasteiger partial charge in [0.15, 0.2) is 5.58 Å². The number of nitrogens with zero attached hydrogens (tertiary/aromatic N) is 1. The molecule has 272 valence electrons. The Morgan fingerprint density at radius 3 is 1.10 bits per heavy atom. The molecule has 1 aromatic heterocycles. The number of rotatable bonds is 7. The van der Waals surface area contributed by atoms with Gasteiger partial charge in [0.2, 0.25) is 0 Å². The van der Waals surface area contributed by atoms with Crippen molar-refractivity contribution in [2.75, 3.05) is 4.90 Å². The normalized spacial score (nSPS) is 11.4. The van der Waals surface area contributed by atoms with E-state index in [0.717, 1.165) is 61.1 Å². The number of anilines is 3. The molecular weight excluding hydrogens is 703 g/mol. The maximum atomic E-state index is 7.21. The van der Waals surface area contributed by atoms with E-state index in [1.807, 2.05) is 0 Å². The lowest BCUT2D eigenvalue weighted by atomic mass is 9.95. The molecule has 0 saturated carbocycles. The molecule has 0 aliphatic heterocycles. The van der Waals surface area contributed by atoms with Crippen molar-refractivity contribution in [1.29, 1.82) is 0 Å². The van der Waals surface area contributed by atoms with Crippen LogP contribution in [0.25, 0.3) is 88.0 Å². The average Bonchev–Trinajstić information content (AvgIpc) is 3.71. The fourth-order valence-corrected chi connectivity index (χ4v) is 8.60. The first-order valence-electron chi connectivity index (χ1n) is 19.8. The highest BCUT2D eigenvalue weighted by molar-refractivity contribution is 6.31. The van der Waals surface area contributed by atoms with Crippen LogP contribution in [0.5, 0.6) is 0 Å². The summed E-state index contributed by atoms with van der Waals surface area (Å²) in [5, 5.41) is 6.94. The third-order valence-electron chi connectivity index (χ3n) is 11.5. The van der Waals surface area contributed by atoms with Gasteiger partial charge >= 0.3 is 0 Å². The lowest BCUT2D eigenvalue weighted by Crippen LogP contribution is -2.10. The topological polar surface area (TPSA) is 16.4 Å². The summed E-state index contributed by atoms with van der Waals surface area (Å²) in [6.07, 6.45) is 0. The van der Waals surface area contributed by atoms with Crippen LogP contribution in [0.2, 0.25) is 0 Å². The van der Waals surface area contributed by atoms with Gasteiger partial charge in [0, 0.05) is 27.5 Å². The number of hydrogen-bond acceptors (Lipinski definition) is 2. The Morgan fingerprint density at radius 1 is 0.259 bits per heavy atom. The van der Waals surface area contributed by atoms with Gasteiger partial charge in [0.25, 0.3) is 0 Å². The Morgan fingerprint density at radius 2 is 0.621 bits per heavy atom. The van der Waals surface area contributed by atoms with Crippen molar-refractivity contribution in [3.63, 3.8) is 0 Å². The van der Waals surface area contributed by atoms with Crippen LogP contribution in [0.15, 0.2) is 229 Å². The summed E-state index contributed by atoms with van der Waals surface area (Å²) >= 11 is 0. The van der Waals surface area contributed by atoms with Crippen molar-refractivity contribution in [2.24, 2.45) is 0 Å². The molecule has 2 heteroatoms. The van der Waals surface area contributed by atoms with Crippen LogP contribution in [-0.2, 0) is 0 Å². The third-order valence-corrected chi connectivity index (χ3v) is 11.5. The average molecular weight is 740 g/mol.